The molecule has 11 heteroatoms. The first-order valence-corrected chi connectivity index (χ1v) is 13.0. The van der Waals surface area contributed by atoms with Gasteiger partial charge in [-0.05, 0) is 50.9 Å². The number of aliphatic hydroxyl groups excluding tert-OH is 1. The Hall–Kier alpha value is -3.15. The van der Waals surface area contributed by atoms with Crippen LogP contribution in [-0.4, -0.2) is 94.2 Å². The van der Waals surface area contributed by atoms with Crippen molar-refractivity contribution in [3.8, 4) is 5.75 Å². The monoisotopic (exact) mass is 527 g/mol. The van der Waals surface area contributed by atoms with Crippen LogP contribution in [-0.2, 0) is 19.2 Å². The number of benzene rings is 1. The number of aromatic hydroxyl groups is 1. The number of aliphatic hydroxyl groups is 2. The van der Waals surface area contributed by atoms with Crippen LogP contribution in [0.25, 0.3) is 0 Å². The van der Waals surface area contributed by atoms with Crippen LogP contribution in [0.2, 0.25) is 0 Å². The molecule has 0 aromatic heterocycles. The van der Waals surface area contributed by atoms with Gasteiger partial charge in [0.2, 0.25) is 5.91 Å². The minimum absolute atomic E-state index is 0.0700. The number of hydrogen-bond acceptors (Lipinski definition) is 10. The van der Waals surface area contributed by atoms with Gasteiger partial charge in [0.25, 0.3) is 0 Å². The van der Waals surface area contributed by atoms with Gasteiger partial charge in [0.15, 0.2) is 34.7 Å². The Morgan fingerprint density at radius 3 is 2.29 bits per heavy atom. The van der Waals surface area contributed by atoms with Crippen molar-refractivity contribution in [2.45, 2.75) is 49.9 Å². The van der Waals surface area contributed by atoms with Crippen molar-refractivity contribution in [1.29, 1.82) is 0 Å². The van der Waals surface area contributed by atoms with Crippen molar-refractivity contribution >= 4 is 34.7 Å². The summed E-state index contributed by atoms with van der Waals surface area (Å²) >= 11 is 0. The number of nitrogens with zero attached hydrogens (tertiary/aromatic N) is 2. The topological polar surface area (TPSA) is 179 Å². The molecule has 3 unspecified atom stereocenters. The second kappa shape index (κ2) is 8.96. The lowest BCUT2D eigenvalue weighted by molar-refractivity contribution is -0.196. The van der Waals surface area contributed by atoms with E-state index in [1.807, 2.05) is 4.90 Å². The Balaban J connectivity index is 1.67. The van der Waals surface area contributed by atoms with Gasteiger partial charge in [-0.3, -0.25) is 28.9 Å². The molecule has 1 aliphatic heterocycles. The zero-order valence-corrected chi connectivity index (χ0v) is 21.6. The highest BCUT2D eigenvalue weighted by molar-refractivity contribution is 6.32. The third kappa shape index (κ3) is 3.34. The first kappa shape index (κ1) is 26.5. The largest absolute Gasteiger partial charge is 0.505 e. The third-order valence-corrected chi connectivity index (χ3v) is 9.16. The lowest BCUT2D eigenvalue weighted by atomic mass is 9.49. The molecule has 11 nitrogen and oxygen atoms in total. The number of likely N-dealkylation sites (N-methyl/N-ethyl adjacent to an activating group) is 1. The normalized spacial score (nSPS) is 37.1. The van der Waals surface area contributed by atoms with E-state index in [4.69, 9.17) is 5.73 Å². The molecule has 0 spiro atoms. The van der Waals surface area contributed by atoms with Gasteiger partial charge in [-0.15, -0.1) is 0 Å². The van der Waals surface area contributed by atoms with Gasteiger partial charge in [-0.25, -0.2) is 0 Å². The number of nitrogens with two attached hydrogens (primary N) is 1. The van der Waals surface area contributed by atoms with E-state index >= 15 is 0 Å². The predicted molar refractivity (Wildman–Crippen MR) is 134 cm³/mol. The average Bonchev–Trinajstić information content (AvgIpc) is 2.86. The van der Waals surface area contributed by atoms with E-state index in [1.54, 1.807) is 19.1 Å². The van der Waals surface area contributed by atoms with Crippen LogP contribution in [0.3, 0.4) is 0 Å². The fraction of sp³-hybridized carbons (Fsp3) is 0.593. The Labute approximate surface area is 219 Å². The van der Waals surface area contributed by atoms with Gasteiger partial charge in [-0.2, -0.15) is 0 Å². The summed E-state index contributed by atoms with van der Waals surface area (Å²) in [4.78, 5) is 70.0. The Kier molecular flexibility index (Phi) is 6.24. The fourth-order valence-electron chi connectivity index (χ4n) is 7.37. The molecule has 1 saturated heterocycles. The summed E-state index contributed by atoms with van der Waals surface area (Å²) in [5.74, 6) is -13.0. The van der Waals surface area contributed by atoms with Gasteiger partial charge < -0.3 is 26.0 Å². The molecule has 5 rings (SSSR count). The number of ketones is 4. The molecule has 8 atom stereocenters. The average molecular weight is 528 g/mol. The number of fused-ring (bicyclic) bond motifs is 3. The zero-order chi connectivity index (χ0) is 27.8. The maximum atomic E-state index is 14.0. The number of primary amides is 1. The molecule has 1 amide bonds. The molecule has 0 radical (unpaired) electrons. The first-order chi connectivity index (χ1) is 17.8. The fourth-order valence-corrected chi connectivity index (χ4v) is 7.37. The minimum Gasteiger partial charge on any atom is -0.505 e. The highest BCUT2D eigenvalue weighted by Gasteiger charge is 2.72. The number of piperidine rings is 1. The standard InChI is InChI=1S/C27H33N3O8/c1-11-12-7-8-13(30-9-5-4-6-10-30)20(31)15(12)21(32)16-14(11)22(33)18-19(29(2)3)23(34)17(26(28)37)25(36)27(18,38)24(16)35/h7-8,11,14,16-19,22,31,33,38H,4-6,9-10H2,1-3H3,(H2,28,37)/t11-,14+,16?,17?,18+,19?,22-,27-/m1/s1. The van der Waals surface area contributed by atoms with Crippen molar-refractivity contribution in [2.24, 2.45) is 29.4 Å². The number of carbonyl (C=O) groups excluding carboxylic acids is 5. The van der Waals surface area contributed by atoms with Crippen molar-refractivity contribution in [1.82, 2.24) is 4.90 Å². The number of hydrogen-bond donors (Lipinski definition) is 4. The lowest BCUT2D eigenvalue weighted by Crippen LogP contribution is -2.77. The quantitative estimate of drug-likeness (QED) is 0.371. The maximum absolute atomic E-state index is 14.0. The van der Waals surface area contributed by atoms with E-state index in [2.05, 4.69) is 0 Å². The van der Waals surface area contributed by atoms with Crippen LogP contribution in [0.15, 0.2) is 12.1 Å². The maximum Gasteiger partial charge on any atom is 0.235 e. The Morgan fingerprint density at radius 1 is 1.08 bits per heavy atom. The highest BCUT2D eigenvalue weighted by Crippen LogP contribution is 2.55. The van der Waals surface area contributed by atoms with Gasteiger partial charge in [0, 0.05) is 19.0 Å². The third-order valence-electron chi connectivity index (χ3n) is 9.16. The Bertz CT molecular complexity index is 1250. The van der Waals surface area contributed by atoms with Crippen molar-refractivity contribution in [3.05, 3.63) is 23.3 Å². The van der Waals surface area contributed by atoms with Gasteiger partial charge in [0.05, 0.1) is 35.2 Å². The number of phenolic OH excluding ortho intramolecular Hbond substituents is 1. The SMILES string of the molecule is C[C@@H]1c2ccc(N3CCCCC3)c(O)c2C(=O)C2C(=O)[C@@]3(O)C(=O)C(C(N)=O)C(=O)C(N(C)C)[C@H]3[C@H](O)[C@H]21. The van der Waals surface area contributed by atoms with Crippen LogP contribution in [0.5, 0.6) is 5.75 Å². The number of anilines is 1. The van der Waals surface area contributed by atoms with Crippen molar-refractivity contribution < 1.29 is 39.3 Å². The molecule has 1 heterocycles. The van der Waals surface area contributed by atoms with Crippen molar-refractivity contribution in [3.63, 3.8) is 0 Å². The van der Waals surface area contributed by atoms with Crippen LogP contribution in [0.4, 0.5) is 5.69 Å². The molecule has 5 N–H and O–H groups in total. The minimum atomic E-state index is -2.99. The van der Waals surface area contributed by atoms with E-state index in [0.717, 1.165) is 19.3 Å². The summed E-state index contributed by atoms with van der Waals surface area (Å²) in [5, 5.41) is 34.6. The van der Waals surface area contributed by atoms with E-state index in [-0.39, 0.29) is 11.3 Å². The molecule has 2 saturated carbocycles. The zero-order valence-electron chi connectivity index (χ0n) is 21.6. The summed E-state index contributed by atoms with van der Waals surface area (Å²) in [6.07, 6.45) is 1.29. The van der Waals surface area contributed by atoms with Crippen LogP contribution < -0.4 is 10.6 Å². The number of rotatable bonds is 3. The van der Waals surface area contributed by atoms with E-state index in [0.29, 0.717) is 24.3 Å². The number of Topliss-reactive ketones (excluding diaryl/α,β-unsaturated/α-hetero) is 4. The molecule has 1 aromatic carbocycles. The summed E-state index contributed by atoms with van der Waals surface area (Å²) in [5.41, 5.74) is 3.18. The number of amides is 1. The van der Waals surface area contributed by atoms with E-state index < -0.39 is 76.4 Å². The molecule has 4 aliphatic rings. The second-order valence-electron chi connectivity index (χ2n) is 11.3. The molecule has 204 valence electrons. The van der Waals surface area contributed by atoms with Gasteiger partial charge in [-0.1, -0.05) is 13.0 Å². The molecule has 3 aliphatic carbocycles. The second-order valence-corrected chi connectivity index (χ2v) is 11.3. The summed E-state index contributed by atoms with van der Waals surface area (Å²) in [6, 6.07) is 2.05. The summed E-state index contributed by atoms with van der Waals surface area (Å²) in [6.45, 7) is 3.10. The molecular weight excluding hydrogens is 494 g/mol. The van der Waals surface area contributed by atoms with Crippen LogP contribution in [0, 0.1) is 23.7 Å². The molecule has 0 bridgehead atoms. The highest BCUT2D eigenvalue weighted by atomic mass is 16.3. The van der Waals surface area contributed by atoms with Crippen LogP contribution >= 0.6 is 0 Å². The van der Waals surface area contributed by atoms with Crippen LogP contribution in [0.1, 0.15) is 48.0 Å². The first-order valence-electron chi connectivity index (χ1n) is 13.0. The summed E-state index contributed by atoms with van der Waals surface area (Å²) < 4.78 is 0. The number of phenols is 1. The molecular formula is C27H33N3O8. The van der Waals surface area contributed by atoms with Crippen molar-refractivity contribution in [2.75, 3.05) is 32.1 Å². The van der Waals surface area contributed by atoms with Gasteiger partial charge >= 0.3 is 0 Å². The van der Waals surface area contributed by atoms with E-state index in [9.17, 15) is 39.3 Å². The van der Waals surface area contributed by atoms with E-state index in [1.165, 1.54) is 19.0 Å². The number of carbonyl (C=O) groups is 5. The Morgan fingerprint density at radius 2 is 1.71 bits per heavy atom. The smallest absolute Gasteiger partial charge is 0.235 e. The molecule has 3 fully saturated rings. The predicted octanol–water partition coefficient (Wildman–Crippen LogP) is -0.611. The van der Waals surface area contributed by atoms with Gasteiger partial charge in [0.1, 0.15) is 5.75 Å². The molecule has 38 heavy (non-hydrogen) atoms. The summed E-state index contributed by atoms with van der Waals surface area (Å²) in [7, 11) is 2.93. The molecule has 1 aromatic rings. The lowest BCUT2D eigenvalue weighted by Gasteiger charge is -2.56.